The van der Waals surface area contributed by atoms with Crippen LogP contribution in [0.15, 0.2) is 0 Å². The Hall–Kier alpha value is -0.610. The lowest BCUT2D eigenvalue weighted by Crippen LogP contribution is -2.44. The van der Waals surface area contributed by atoms with Gasteiger partial charge in [-0.05, 0) is 51.7 Å². The van der Waals surface area contributed by atoms with E-state index in [1.165, 1.54) is 19.4 Å². The second kappa shape index (κ2) is 6.36. The molecule has 0 aliphatic carbocycles. The largest absolute Gasteiger partial charge is 0.355 e. The van der Waals surface area contributed by atoms with E-state index >= 15 is 0 Å². The van der Waals surface area contributed by atoms with Gasteiger partial charge >= 0.3 is 0 Å². The van der Waals surface area contributed by atoms with E-state index in [1.54, 1.807) is 0 Å². The van der Waals surface area contributed by atoms with Crippen LogP contribution >= 0.6 is 0 Å². The van der Waals surface area contributed by atoms with Crippen LogP contribution < -0.4 is 10.6 Å². The van der Waals surface area contributed by atoms with Crippen LogP contribution in [0.2, 0.25) is 0 Å². The van der Waals surface area contributed by atoms with Crippen molar-refractivity contribution in [3.63, 3.8) is 0 Å². The molecule has 4 nitrogen and oxygen atoms in total. The molecule has 0 radical (unpaired) electrons. The molecule has 2 rings (SSSR count). The quantitative estimate of drug-likeness (QED) is 0.751. The van der Waals surface area contributed by atoms with Crippen molar-refractivity contribution in [1.29, 1.82) is 0 Å². The highest BCUT2D eigenvalue weighted by molar-refractivity contribution is 5.78. The van der Waals surface area contributed by atoms with Crippen LogP contribution in [0.25, 0.3) is 0 Å². The molecule has 0 saturated carbocycles. The van der Waals surface area contributed by atoms with Crippen molar-refractivity contribution >= 4 is 5.91 Å². The van der Waals surface area contributed by atoms with Gasteiger partial charge in [-0.1, -0.05) is 0 Å². The third kappa shape index (κ3) is 3.96. The summed E-state index contributed by atoms with van der Waals surface area (Å²) in [6.45, 7) is 5.12. The van der Waals surface area contributed by atoms with Crippen LogP contribution in [0.4, 0.5) is 0 Å². The maximum Gasteiger partial charge on any atom is 0.224 e. The summed E-state index contributed by atoms with van der Waals surface area (Å²) in [5.41, 5.74) is 0. The van der Waals surface area contributed by atoms with Crippen molar-refractivity contribution < 1.29 is 4.79 Å². The number of rotatable bonds is 3. The van der Waals surface area contributed by atoms with Crippen LogP contribution in [0, 0.1) is 11.8 Å². The van der Waals surface area contributed by atoms with Crippen molar-refractivity contribution in [2.75, 3.05) is 39.8 Å². The van der Waals surface area contributed by atoms with Gasteiger partial charge in [-0.2, -0.15) is 0 Å². The number of carbonyl (C=O) groups is 1. The molecule has 0 aromatic carbocycles. The van der Waals surface area contributed by atoms with E-state index in [0.29, 0.717) is 5.92 Å². The van der Waals surface area contributed by atoms with Gasteiger partial charge in [-0.3, -0.25) is 4.79 Å². The summed E-state index contributed by atoms with van der Waals surface area (Å²) in [7, 11) is 2.17. The summed E-state index contributed by atoms with van der Waals surface area (Å²) in [5, 5.41) is 6.43. The number of nitrogens with one attached hydrogen (secondary N) is 2. The first kappa shape index (κ1) is 12.8. The molecule has 2 N–H and O–H groups in total. The van der Waals surface area contributed by atoms with Crippen LogP contribution in [0.1, 0.15) is 25.7 Å². The Bertz CT molecular complexity index is 251. The van der Waals surface area contributed by atoms with Gasteiger partial charge in [0.05, 0.1) is 5.92 Å². The SMILES string of the molecule is CN1CCCC(CNC(=O)C2CCCNC2)C1. The number of piperidine rings is 2. The number of hydrogen-bond donors (Lipinski definition) is 2. The van der Waals surface area contributed by atoms with E-state index in [2.05, 4.69) is 22.6 Å². The molecule has 17 heavy (non-hydrogen) atoms. The molecule has 2 heterocycles. The van der Waals surface area contributed by atoms with Crippen molar-refractivity contribution in [3.8, 4) is 0 Å². The number of hydrogen-bond acceptors (Lipinski definition) is 3. The predicted octanol–water partition coefficient (Wildman–Crippen LogP) is 0.444. The van der Waals surface area contributed by atoms with Gasteiger partial charge in [0.2, 0.25) is 5.91 Å². The monoisotopic (exact) mass is 239 g/mol. The van der Waals surface area contributed by atoms with Crippen LogP contribution in [-0.4, -0.2) is 50.6 Å². The van der Waals surface area contributed by atoms with Crippen molar-refractivity contribution in [2.24, 2.45) is 11.8 Å². The summed E-state index contributed by atoms with van der Waals surface area (Å²) < 4.78 is 0. The smallest absolute Gasteiger partial charge is 0.224 e. The van der Waals surface area contributed by atoms with Gasteiger partial charge in [-0.25, -0.2) is 0 Å². The van der Waals surface area contributed by atoms with Crippen LogP contribution in [-0.2, 0) is 4.79 Å². The number of amides is 1. The molecule has 2 aliphatic rings. The molecule has 0 aromatic heterocycles. The minimum atomic E-state index is 0.199. The first-order valence-electron chi connectivity index (χ1n) is 6.92. The van der Waals surface area contributed by atoms with E-state index in [-0.39, 0.29) is 11.8 Å². The van der Waals surface area contributed by atoms with Crippen LogP contribution in [0.5, 0.6) is 0 Å². The highest BCUT2D eigenvalue weighted by atomic mass is 16.1. The van der Waals surface area contributed by atoms with E-state index in [4.69, 9.17) is 0 Å². The topological polar surface area (TPSA) is 44.4 Å². The second-order valence-corrected chi connectivity index (χ2v) is 5.56. The predicted molar refractivity (Wildman–Crippen MR) is 68.8 cm³/mol. The number of nitrogens with zero attached hydrogens (tertiary/aromatic N) is 1. The van der Waals surface area contributed by atoms with Gasteiger partial charge in [0.25, 0.3) is 0 Å². The standard InChI is InChI=1S/C13H25N3O/c1-16-7-3-4-11(10-16)8-15-13(17)12-5-2-6-14-9-12/h11-12,14H,2-10H2,1H3,(H,15,17). The first-order valence-corrected chi connectivity index (χ1v) is 6.92. The fraction of sp³-hybridized carbons (Fsp3) is 0.923. The highest BCUT2D eigenvalue weighted by Crippen LogP contribution is 2.15. The Kier molecular flexibility index (Phi) is 4.80. The molecule has 2 atom stereocenters. The molecule has 98 valence electrons. The third-order valence-corrected chi connectivity index (χ3v) is 3.95. The molecular weight excluding hydrogens is 214 g/mol. The molecule has 4 heteroatoms. The Labute approximate surface area is 104 Å². The molecule has 0 spiro atoms. The zero-order valence-electron chi connectivity index (χ0n) is 10.9. The first-order chi connectivity index (χ1) is 8.25. The molecule has 2 saturated heterocycles. The van der Waals surface area contributed by atoms with Crippen molar-refractivity contribution in [2.45, 2.75) is 25.7 Å². The Balaban J connectivity index is 1.68. The van der Waals surface area contributed by atoms with Gasteiger partial charge < -0.3 is 15.5 Å². The molecule has 0 aromatic rings. The van der Waals surface area contributed by atoms with Crippen molar-refractivity contribution in [3.05, 3.63) is 0 Å². The summed E-state index contributed by atoms with van der Waals surface area (Å²) in [6.07, 6.45) is 4.70. The van der Waals surface area contributed by atoms with E-state index < -0.39 is 0 Å². The molecule has 2 aliphatic heterocycles. The molecule has 1 amide bonds. The number of likely N-dealkylation sites (tertiary alicyclic amines) is 1. The zero-order chi connectivity index (χ0) is 12.1. The van der Waals surface area contributed by atoms with Crippen molar-refractivity contribution in [1.82, 2.24) is 15.5 Å². The maximum absolute atomic E-state index is 12.0. The Morgan fingerprint density at radius 2 is 2.29 bits per heavy atom. The maximum atomic E-state index is 12.0. The molecule has 0 bridgehead atoms. The fourth-order valence-electron chi connectivity index (χ4n) is 2.90. The van der Waals surface area contributed by atoms with Crippen LogP contribution in [0.3, 0.4) is 0 Å². The summed E-state index contributed by atoms with van der Waals surface area (Å²) in [6, 6.07) is 0. The average Bonchev–Trinajstić information content (AvgIpc) is 2.37. The number of carbonyl (C=O) groups excluding carboxylic acids is 1. The minimum absolute atomic E-state index is 0.199. The summed E-state index contributed by atoms with van der Waals surface area (Å²) in [4.78, 5) is 14.3. The van der Waals surface area contributed by atoms with E-state index in [1.807, 2.05) is 0 Å². The third-order valence-electron chi connectivity index (χ3n) is 3.95. The lowest BCUT2D eigenvalue weighted by atomic mass is 9.96. The van der Waals surface area contributed by atoms with Gasteiger partial charge in [-0.15, -0.1) is 0 Å². The normalized spacial score (nSPS) is 31.1. The fourth-order valence-corrected chi connectivity index (χ4v) is 2.90. The van der Waals surface area contributed by atoms with Gasteiger partial charge in [0.15, 0.2) is 0 Å². The minimum Gasteiger partial charge on any atom is -0.355 e. The van der Waals surface area contributed by atoms with Gasteiger partial charge in [0.1, 0.15) is 0 Å². The second-order valence-electron chi connectivity index (χ2n) is 5.56. The molecule has 2 unspecified atom stereocenters. The summed E-state index contributed by atoms with van der Waals surface area (Å²) >= 11 is 0. The lowest BCUT2D eigenvalue weighted by Gasteiger charge is -2.30. The molecular formula is C13H25N3O. The Morgan fingerprint density at radius 3 is 3.00 bits per heavy atom. The summed E-state index contributed by atoms with van der Waals surface area (Å²) in [5.74, 6) is 1.10. The highest BCUT2D eigenvalue weighted by Gasteiger charge is 2.22. The zero-order valence-corrected chi connectivity index (χ0v) is 10.9. The Morgan fingerprint density at radius 1 is 1.41 bits per heavy atom. The lowest BCUT2D eigenvalue weighted by molar-refractivity contribution is -0.125. The van der Waals surface area contributed by atoms with E-state index in [9.17, 15) is 4.79 Å². The molecule has 2 fully saturated rings. The average molecular weight is 239 g/mol. The van der Waals surface area contributed by atoms with Gasteiger partial charge in [0, 0.05) is 19.6 Å². The van der Waals surface area contributed by atoms with E-state index in [0.717, 1.165) is 39.0 Å².